The van der Waals surface area contributed by atoms with Crippen LogP contribution in [0.25, 0.3) is 0 Å². The molecule has 0 aliphatic carbocycles. The zero-order valence-electron chi connectivity index (χ0n) is 11.5. The van der Waals surface area contributed by atoms with Crippen molar-refractivity contribution in [3.63, 3.8) is 0 Å². The van der Waals surface area contributed by atoms with E-state index in [1.54, 1.807) is 6.20 Å². The summed E-state index contributed by atoms with van der Waals surface area (Å²) in [5.74, 6) is 0. The molecule has 1 aromatic heterocycles. The molecule has 1 aromatic rings. The van der Waals surface area contributed by atoms with Gasteiger partial charge < -0.3 is 0 Å². The highest BCUT2D eigenvalue weighted by atomic mass is 32.2. The number of aryl methyl sites for hydroxylation is 1. The van der Waals surface area contributed by atoms with Gasteiger partial charge in [-0.1, -0.05) is 13.0 Å². The summed E-state index contributed by atoms with van der Waals surface area (Å²) in [4.78, 5) is 6.45. The first-order valence-electron chi connectivity index (χ1n) is 6.64. The van der Waals surface area contributed by atoms with Crippen molar-refractivity contribution in [3.8, 4) is 0 Å². The average Bonchev–Trinajstić information content (AvgIpc) is 2.81. The molecule has 1 unspecified atom stereocenters. The number of sulfonamides is 1. The molecule has 2 heterocycles. The molecule has 19 heavy (non-hydrogen) atoms. The highest BCUT2D eigenvalue weighted by molar-refractivity contribution is 7.90. The number of nitrogens with one attached hydrogen (secondary N) is 1. The predicted molar refractivity (Wildman–Crippen MR) is 75.3 cm³/mol. The molecule has 1 atom stereocenters. The third kappa shape index (κ3) is 3.52. The van der Waals surface area contributed by atoms with Crippen molar-refractivity contribution in [1.29, 1.82) is 0 Å². The van der Waals surface area contributed by atoms with Gasteiger partial charge in [-0.3, -0.25) is 9.88 Å². The van der Waals surface area contributed by atoms with Crippen LogP contribution in [0.15, 0.2) is 18.3 Å². The molecule has 1 fully saturated rings. The first kappa shape index (κ1) is 14.4. The number of hydrogen-bond acceptors (Lipinski definition) is 4. The van der Waals surface area contributed by atoms with E-state index in [0.29, 0.717) is 19.5 Å². The zero-order valence-corrected chi connectivity index (χ0v) is 12.3. The summed E-state index contributed by atoms with van der Waals surface area (Å²) < 4.78 is 26.5. The van der Waals surface area contributed by atoms with Crippen molar-refractivity contribution in [1.82, 2.24) is 14.6 Å². The van der Waals surface area contributed by atoms with Gasteiger partial charge in [-0.25, -0.2) is 13.1 Å². The minimum absolute atomic E-state index is 0.288. The van der Waals surface area contributed by atoms with Crippen LogP contribution in [0.4, 0.5) is 0 Å². The van der Waals surface area contributed by atoms with E-state index in [0.717, 1.165) is 18.8 Å². The van der Waals surface area contributed by atoms with Crippen LogP contribution < -0.4 is 4.72 Å². The number of rotatable bonds is 5. The fourth-order valence-electron chi connectivity index (χ4n) is 2.44. The second kappa shape index (κ2) is 5.98. The molecule has 1 N–H and O–H groups in total. The van der Waals surface area contributed by atoms with Gasteiger partial charge in [-0.15, -0.1) is 0 Å². The number of aromatic nitrogens is 1. The van der Waals surface area contributed by atoms with Gasteiger partial charge in [0.15, 0.2) is 0 Å². The van der Waals surface area contributed by atoms with Gasteiger partial charge in [0.2, 0.25) is 10.0 Å². The maximum absolute atomic E-state index is 11.9. The Balaban J connectivity index is 1.98. The summed E-state index contributed by atoms with van der Waals surface area (Å²) in [6, 6.07) is 3.97. The van der Waals surface area contributed by atoms with Gasteiger partial charge in [-0.2, -0.15) is 0 Å². The van der Waals surface area contributed by atoms with E-state index in [1.807, 2.05) is 19.9 Å². The molecule has 1 aliphatic heterocycles. The molecule has 2 rings (SSSR count). The van der Waals surface area contributed by atoms with Gasteiger partial charge in [0.1, 0.15) is 0 Å². The number of nitrogens with zero attached hydrogens (tertiary/aromatic N) is 2. The van der Waals surface area contributed by atoms with Crippen LogP contribution in [-0.2, 0) is 16.6 Å². The second-order valence-corrected chi connectivity index (χ2v) is 6.98. The van der Waals surface area contributed by atoms with Crippen LogP contribution in [0.5, 0.6) is 0 Å². The van der Waals surface area contributed by atoms with Crippen LogP contribution in [0, 0.1) is 6.92 Å². The number of likely N-dealkylation sites (tertiary alicyclic amines) is 1. The maximum Gasteiger partial charge on any atom is 0.215 e. The van der Waals surface area contributed by atoms with E-state index in [-0.39, 0.29) is 5.25 Å². The quantitative estimate of drug-likeness (QED) is 0.872. The standard InChI is InChI=1S/C13H21N3O2S/c1-3-15-19(17,18)13-6-8-16(10-13)9-12-5-4-7-14-11(12)2/h4-5,7,13,15H,3,6,8-10H2,1-2H3. The van der Waals surface area contributed by atoms with Gasteiger partial charge >= 0.3 is 0 Å². The average molecular weight is 283 g/mol. The van der Waals surface area contributed by atoms with E-state index in [1.165, 1.54) is 5.56 Å². The molecule has 6 heteroatoms. The van der Waals surface area contributed by atoms with Crippen LogP contribution in [0.2, 0.25) is 0 Å². The summed E-state index contributed by atoms with van der Waals surface area (Å²) in [6.07, 6.45) is 2.48. The lowest BCUT2D eigenvalue weighted by molar-refractivity contribution is 0.330. The van der Waals surface area contributed by atoms with Crippen molar-refractivity contribution < 1.29 is 8.42 Å². The fraction of sp³-hybridized carbons (Fsp3) is 0.615. The topological polar surface area (TPSA) is 62.3 Å². The summed E-state index contributed by atoms with van der Waals surface area (Å²) >= 11 is 0. The molecule has 1 aliphatic rings. The third-order valence-electron chi connectivity index (χ3n) is 3.52. The molecular weight excluding hydrogens is 262 g/mol. The van der Waals surface area contributed by atoms with Crippen molar-refractivity contribution >= 4 is 10.0 Å². The van der Waals surface area contributed by atoms with Crippen molar-refractivity contribution in [2.75, 3.05) is 19.6 Å². The molecule has 0 aromatic carbocycles. The minimum atomic E-state index is -3.15. The van der Waals surface area contributed by atoms with Crippen molar-refractivity contribution in [3.05, 3.63) is 29.6 Å². The van der Waals surface area contributed by atoms with Gasteiger partial charge in [-0.05, 0) is 31.5 Å². The Kier molecular flexibility index (Phi) is 4.54. The summed E-state index contributed by atoms with van der Waals surface area (Å²) in [7, 11) is -3.15. The first-order valence-corrected chi connectivity index (χ1v) is 8.19. The van der Waals surface area contributed by atoms with E-state index >= 15 is 0 Å². The normalized spacial score (nSPS) is 20.8. The van der Waals surface area contributed by atoms with E-state index in [2.05, 4.69) is 20.7 Å². The zero-order chi connectivity index (χ0) is 13.9. The molecule has 0 amide bonds. The summed E-state index contributed by atoms with van der Waals surface area (Å²) in [5.41, 5.74) is 2.18. The Labute approximate surface area is 115 Å². The predicted octanol–water partition coefficient (Wildman–Crippen LogP) is 0.904. The molecule has 0 spiro atoms. The number of pyridine rings is 1. The highest BCUT2D eigenvalue weighted by Gasteiger charge is 2.32. The van der Waals surface area contributed by atoms with Gasteiger partial charge in [0, 0.05) is 31.5 Å². The van der Waals surface area contributed by atoms with Crippen molar-refractivity contribution in [2.24, 2.45) is 0 Å². The molecule has 0 bridgehead atoms. The van der Waals surface area contributed by atoms with Crippen LogP contribution in [0.3, 0.4) is 0 Å². The molecule has 5 nitrogen and oxygen atoms in total. The van der Waals surface area contributed by atoms with E-state index in [9.17, 15) is 8.42 Å². The van der Waals surface area contributed by atoms with Gasteiger partial charge in [0.05, 0.1) is 5.25 Å². The molecule has 1 saturated heterocycles. The summed E-state index contributed by atoms with van der Waals surface area (Å²) in [5, 5.41) is -0.288. The Morgan fingerprint density at radius 2 is 2.32 bits per heavy atom. The van der Waals surface area contributed by atoms with Crippen LogP contribution in [-0.4, -0.2) is 43.2 Å². The lowest BCUT2D eigenvalue weighted by Crippen LogP contribution is -2.36. The first-order chi connectivity index (χ1) is 9.03. The Morgan fingerprint density at radius 1 is 1.53 bits per heavy atom. The van der Waals surface area contributed by atoms with Gasteiger partial charge in [0.25, 0.3) is 0 Å². The highest BCUT2D eigenvalue weighted by Crippen LogP contribution is 2.19. The maximum atomic E-state index is 11.9. The molecule has 0 saturated carbocycles. The molecular formula is C13H21N3O2S. The SMILES string of the molecule is CCNS(=O)(=O)C1CCN(Cc2cccnc2C)C1. The van der Waals surface area contributed by atoms with Crippen LogP contribution in [0.1, 0.15) is 24.6 Å². The Bertz CT molecular complexity index is 530. The second-order valence-electron chi connectivity index (χ2n) is 4.94. The van der Waals surface area contributed by atoms with Crippen molar-refractivity contribution in [2.45, 2.75) is 32.1 Å². The van der Waals surface area contributed by atoms with Crippen LogP contribution >= 0.6 is 0 Å². The van der Waals surface area contributed by atoms with E-state index in [4.69, 9.17) is 0 Å². The largest absolute Gasteiger partial charge is 0.298 e. The smallest absolute Gasteiger partial charge is 0.215 e. The minimum Gasteiger partial charge on any atom is -0.298 e. The fourth-order valence-corrected chi connectivity index (χ4v) is 3.90. The third-order valence-corrected chi connectivity index (χ3v) is 5.48. The lowest BCUT2D eigenvalue weighted by Gasteiger charge is -2.17. The Hall–Kier alpha value is -0.980. The molecule has 106 valence electrons. The molecule has 0 radical (unpaired) electrons. The van der Waals surface area contributed by atoms with E-state index < -0.39 is 10.0 Å². The lowest BCUT2D eigenvalue weighted by atomic mass is 10.2. The monoisotopic (exact) mass is 283 g/mol. The number of hydrogen-bond donors (Lipinski definition) is 1. The Morgan fingerprint density at radius 3 is 3.00 bits per heavy atom. The summed E-state index contributed by atoms with van der Waals surface area (Å²) in [6.45, 7) is 6.45.